The zero-order valence-electron chi connectivity index (χ0n) is 15.5. The highest BCUT2D eigenvalue weighted by Crippen LogP contribution is 2.25. The molecule has 3 aromatic rings. The van der Waals surface area contributed by atoms with Crippen LogP contribution in [0.4, 0.5) is 11.4 Å². The summed E-state index contributed by atoms with van der Waals surface area (Å²) in [6, 6.07) is 28.1. The highest BCUT2D eigenvalue weighted by atomic mass is 35.5. The van der Waals surface area contributed by atoms with Gasteiger partial charge < -0.3 is 10.0 Å². The summed E-state index contributed by atoms with van der Waals surface area (Å²) in [5, 5.41) is 11.5. The van der Waals surface area contributed by atoms with E-state index in [1.807, 2.05) is 67.7 Å². The van der Waals surface area contributed by atoms with Crippen molar-refractivity contribution in [3.05, 3.63) is 95.5 Å². The third-order valence-electron chi connectivity index (χ3n) is 4.45. The fraction of sp³-hybridized carbons (Fsp3) is 0.217. The van der Waals surface area contributed by atoms with E-state index >= 15 is 0 Å². The molecule has 0 saturated heterocycles. The zero-order valence-corrected chi connectivity index (χ0v) is 16.3. The summed E-state index contributed by atoms with van der Waals surface area (Å²) < 4.78 is 0. The fourth-order valence-electron chi connectivity index (χ4n) is 3.19. The summed E-state index contributed by atoms with van der Waals surface area (Å²) >= 11 is 6.25. The molecule has 0 aliphatic carbocycles. The van der Waals surface area contributed by atoms with Gasteiger partial charge in [-0.25, -0.2) is 0 Å². The van der Waals surface area contributed by atoms with E-state index in [-0.39, 0.29) is 0 Å². The van der Waals surface area contributed by atoms with E-state index in [1.54, 1.807) is 0 Å². The number of hydrogen-bond donors (Lipinski definition) is 1. The summed E-state index contributed by atoms with van der Waals surface area (Å²) in [5.41, 5.74) is 3.20. The van der Waals surface area contributed by atoms with E-state index in [4.69, 9.17) is 11.6 Å². The van der Waals surface area contributed by atoms with Crippen LogP contribution in [0.5, 0.6) is 0 Å². The molecule has 1 atom stereocenters. The predicted octanol–water partition coefficient (Wildman–Crippen LogP) is 4.97. The molecule has 1 N–H and O–H groups in total. The minimum atomic E-state index is -0.502. The number of anilines is 2. The van der Waals surface area contributed by atoms with Crippen molar-refractivity contribution in [3.8, 4) is 0 Å². The molecule has 0 aliphatic heterocycles. The monoisotopic (exact) mass is 380 g/mol. The number of aliphatic hydroxyl groups excluding tert-OH is 1. The van der Waals surface area contributed by atoms with E-state index in [0.29, 0.717) is 19.6 Å². The number of rotatable bonds is 8. The fourth-order valence-corrected chi connectivity index (χ4v) is 3.38. The Kier molecular flexibility index (Phi) is 6.88. The minimum absolute atomic E-state index is 0.502. The van der Waals surface area contributed by atoms with Crippen molar-refractivity contribution >= 4 is 23.0 Å². The first-order chi connectivity index (χ1) is 13.1. The summed E-state index contributed by atoms with van der Waals surface area (Å²) in [6.07, 6.45) is -0.502. The lowest BCUT2D eigenvalue weighted by atomic mass is 10.2. The molecular formula is C23H25ClN2O. The quantitative estimate of drug-likeness (QED) is 0.597. The molecule has 0 radical (unpaired) electrons. The summed E-state index contributed by atoms with van der Waals surface area (Å²) in [5.74, 6) is 0. The molecule has 0 fully saturated rings. The largest absolute Gasteiger partial charge is 0.390 e. The predicted molar refractivity (Wildman–Crippen MR) is 114 cm³/mol. The average molecular weight is 381 g/mol. The van der Waals surface area contributed by atoms with Gasteiger partial charge in [0, 0.05) is 29.5 Å². The lowest BCUT2D eigenvalue weighted by molar-refractivity contribution is 0.129. The Morgan fingerprint density at radius 1 is 0.778 bits per heavy atom. The molecule has 140 valence electrons. The first-order valence-corrected chi connectivity index (χ1v) is 9.49. The second kappa shape index (κ2) is 9.56. The molecule has 27 heavy (non-hydrogen) atoms. The Hall–Kier alpha value is -2.33. The van der Waals surface area contributed by atoms with Crippen molar-refractivity contribution in [3.63, 3.8) is 0 Å². The number of nitrogens with zero attached hydrogens (tertiary/aromatic N) is 2. The number of halogens is 1. The standard InChI is InChI=1S/C23H25ClN2O/c1-25(16-19-10-8-9-15-23(19)24)17-22(27)18-26(20-11-4-2-5-12-20)21-13-6-3-7-14-21/h2-15,22,27H,16-18H2,1H3. The molecule has 0 saturated carbocycles. The van der Waals surface area contributed by atoms with Gasteiger partial charge in [-0.15, -0.1) is 0 Å². The van der Waals surface area contributed by atoms with Crippen molar-refractivity contribution < 1.29 is 5.11 Å². The van der Waals surface area contributed by atoms with E-state index < -0.39 is 6.10 Å². The van der Waals surface area contributed by atoms with Crippen molar-refractivity contribution in [2.45, 2.75) is 12.6 Å². The van der Waals surface area contributed by atoms with E-state index in [0.717, 1.165) is 22.0 Å². The van der Waals surface area contributed by atoms with Crippen LogP contribution in [-0.4, -0.2) is 36.2 Å². The third-order valence-corrected chi connectivity index (χ3v) is 4.82. The molecule has 1 unspecified atom stereocenters. The number of hydrogen-bond acceptors (Lipinski definition) is 3. The number of benzene rings is 3. The molecule has 3 nitrogen and oxygen atoms in total. The van der Waals surface area contributed by atoms with Gasteiger partial charge in [0.1, 0.15) is 0 Å². The van der Waals surface area contributed by atoms with Gasteiger partial charge in [-0.05, 0) is 42.9 Å². The maximum atomic E-state index is 10.7. The maximum Gasteiger partial charge on any atom is 0.0845 e. The van der Waals surface area contributed by atoms with Crippen LogP contribution in [0.3, 0.4) is 0 Å². The van der Waals surface area contributed by atoms with E-state index in [9.17, 15) is 5.11 Å². The highest BCUT2D eigenvalue weighted by molar-refractivity contribution is 6.31. The van der Waals surface area contributed by atoms with Gasteiger partial charge in [-0.3, -0.25) is 4.90 Å². The lowest BCUT2D eigenvalue weighted by Crippen LogP contribution is -2.37. The van der Waals surface area contributed by atoms with Crippen LogP contribution in [0.25, 0.3) is 0 Å². The average Bonchev–Trinajstić information content (AvgIpc) is 2.69. The molecule has 3 aromatic carbocycles. The number of para-hydroxylation sites is 2. The maximum absolute atomic E-state index is 10.7. The van der Waals surface area contributed by atoms with Gasteiger partial charge in [-0.2, -0.15) is 0 Å². The van der Waals surface area contributed by atoms with Gasteiger partial charge in [-0.1, -0.05) is 66.2 Å². The zero-order chi connectivity index (χ0) is 19.1. The summed E-state index contributed by atoms with van der Waals surface area (Å²) in [7, 11) is 2.00. The van der Waals surface area contributed by atoms with E-state index in [1.165, 1.54) is 0 Å². The van der Waals surface area contributed by atoms with Gasteiger partial charge in [0.05, 0.1) is 12.6 Å². The molecule has 0 spiro atoms. The van der Waals surface area contributed by atoms with Gasteiger partial charge in [0.25, 0.3) is 0 Å². The van der Waals surface area contributed by atoms with Crippen LogP contribution in [0.2, 0.25) is 5.02 Å². The Morgan fingerprint density at radius 3 is 1.85 bits per heavy atom. The molecule has 0 heterocycles. The molecule has 0 aliphatic rings. The Balaban J connectivity index is 1.67. The van der Waals surface area contributed by atoms with Crippen LogP contribution in [-0.2, 0) is 6.54 Å². The first kappa shape index (κ1) is 19.4. The van der Waals surface area contributed by atoms with Crippen LogP contribution < -0.4 is 4.90 Å². The Morgan fingerprint density at radius 2 is 1.30 bits per heavy atom. The SMILES string of the molecule is CN(Cc1ccccc1Cl)CC(O)CN(c1ccccc1)c1ccccc1. The first-order valence-electron chi connectivity index (χ1n) is 9.11. The highest BCUT2D eigenvalue weighted by Gasteiger charge is 2.16. The summed E-state index contributed by atoms with van der Waals surface area (Å²) in [4.78, 5) is 4.24. The van der Waals surface area contributed by atoms with Crippen molar-refractivity contribution in [1.82, 2.24) is 4.90 Å². The summed E-state index contributed by atoms with van der Waals surface area (Å²) in [6.45, 7) is 1.77. The Bertz CT molecular complexity index is 787. The molecule has 4 heteroatoms. The molecular weight excluding hydrogens is 356 g/mol. The van der Waals surface area contributed by atoms with Crippen LogP contribution >= 0.6 is 11.6 Å². The van der Waals surface area contributed by atoms with Crippen molar-refractivity contribution in [2.75, 3.05) is 25.0 Å². The normalized spacial score (nSPS) is 12.1. The van der Waals surface area contributed by atoms with Crippen LogP contribution in [0.15, 0.2) is 84.9 Å². The smallest absolute Gasteiger partial charge is 0.0845 e. The van der Waals surface area contributed by atoms with Crippen LogP contribution in [0, 0.1) is 0 Å². The molecule has 3 rings (SSSR count). The van der Waals surface area contributed by atoms with Crippen LogP contribution in [0.1, 0.15) is 5.56 Å². The van der Waals surface area contributed by atoms with Gasteiger partial charge >= 0.3 is 0 Å². The lowest BCUT2D eigenvalue weighted by Gasteiger charge is -2.29. The molecule has 0 bridgehead atoms. The molecule has 0 amide bonds. The number of likely N-dealkylation sites (N-methyl/N-ethyl adjacent to an activating group) is 1. The van der Waals surface area contributed by atoms with Gasteiger partial charge in [0.2, 0.25) is 0 Å². The second-order valence-electron chi connectivity index (χ2n) is 6.72. The van der Waals surface area contributed by atoms with Crippen molar-refractivity contribution in [1.29, 1.82) is 0 Å². The minimum Gasteiger partial charge on any atom is -0.390 e. The second-order valence-corrected chi connectivity index (χ2v) is 7.13. The molecule has 0 aromatic heterocycles. The third kappa shape index (κ3) is 5.57. The Labute approximate surface area is 166 Å². The topological polar surface area (TPSA) is 26.7 Å². The van der Waals surface area contributed by atoms with Gasteiger partial charge in [0.15, 0.2) is 0 Å². The van der Waals surface area contributed by atoms with E-state index in [2.05, 4.69) is 34.1 Å². The van der Waals surface area contributed by atoms with Crippen molar-refractivity contribution in [2.24, 2.45) is 0 Å². The number of aliphatic hydroxyl groups is 1.